The van der Waals surface area contributed by atoms with Crippen molar-refractivity contribution in [2.75, 3.05) is 11.9 Å². The standard InChI is InChI=1S/C18H19NO4S/c1-12-2-4-13(5-3-12)17(21)19-14-6-8-15(9-7-14)24-16(10-11-20)18(22)23/h2-9,16,20H,10-11H2,1H3,(H,19,21)(H,22,23). The molecule has 0 spiro atoms. The summed E-state index contributed by atoms with van der Waals surface area (Å²) >= 11 is 1.17. The highest BCUT2D eigenvalue weighted by molar-refractivity contribution is 8.00. The number of carboxylic acids is 1. The van der Waals surface area contributed by atoms with Gasteiger partial charge in [0.05, 0.1) is 0 Å². The molecule has 0 aliphatic heterocycles. The van der Waals surface area contributed by atoms with E-state index < -0.39 is 11.2 Å². The van der Waals surface area contributed by atoms with E-state index in [0.717, 1.165) is 10.5 Å². The molecule has 126 valence electrons. The third-order valence-corrected chi connectivity index (χ3v) is 4.64. The molecule has 0 aromatic heterocycles. The number of aliphatic hydroxyl groups excluding tert-OH is 1. The maximum Gasteiger partial charge on any atom is 0.317 e. The molecule has 0 fully saturated rings. The van der Waals surface area contributed by atoms with Gasteiger partial charge in [0, 0.05) is 22.8 Å². The fourth-order valence-corrected chi connectivity index (χ4v) is 2.99. The van der Waals surface area contributed by atoms with Gasteiger partial charge in [-0.15, -0.1) is 11.8 Å². The number of aliphatic carboxylic acids is 1. The number of anilines is 1. The number of hydrogen-bond donors (Lipinski definition) is 3. The minimum Gasteiger partial charge on any atom is -0.480 e. The van der Waals surface area contributed by atoms with E-state index >= 15 is 0 Å². The van der Waals surface area contributed by atoms with Crippen LogP contribution < -0.4 is 5.32 Å². The molecule has 1 amide bonds. The molecule has 0 radical (unpaired) electrons. The molecular weight excluding hydrogens is 326 g/mol. The van der Waals surface area contributed by atoms with E-state index in [2.05, 4.69) is 5.32 Å². The SMILES string of the molecule is Cc1ccc(C(=O)Nc2ccc(SC(CCO)C(=O)O)cc2)cc1. The maximum atomic E-state index is 12.1. The molecule has 0 aliphatic rings. The zero-order chi connectivity index (χ0) is 17.5. The summed E-state index contributed by atoms with van der Waals surface area (Å²) in [6.07, 6.45) is 0.186. The Kier molecular flexibility index (Phi) is 6.40. The Hall–Kier alpha value is -2.31. The van der Waals surface area contributed by atoms with Crippen LogP contribution in [-0.2, 0) is 4.79 Å². The Morgan fingerprint density at radius 2 is 1.71 bits per heavy atom. The second kappa shape index (κ2) is 8.52. The van der Waals surface area contributed by atoms with Gasteiger partial charge in [0.25, 0.3) is 5.91 Å². The van der Waals surface area contributed by atoms with E-state index in [1.54, 1.807) is 36.4 Å². The summed E-state index contributed by atoms with van der Waals surface area (Å²) in [6.45, 7) is 1.79. The minimum atomic E-state index is -0.953. The van der Waals surface area contributed by atoms with E-state index in [9.17, 15) is 9.59 Å². The molecule has 0 aliphatic carbocycles. The molecule has 5 nitrogen and oxygen atoms in total. The topological polar surface area (TPSA) is 86.6 Å². The van der Waals surface area contributed by atoms with Crippen LogP contribution in [0.1, 0.15) is 22.3 Å². The summed E-state index contributed by atoms with van der Waals surface area (Å²) in [7, 11) is 0. The van der Waals surface area contributed by atoms with Crippen LogP contribution in [0.5, 0.6) is 0 Å². The Balaban J connectivity index is 2.00. The van der Waals surface area contributed by atoms with Gasteiger partial charge in [0.15, 0.2) is 0 Å². The number of carbonyl (C=O) groups is 2. The summed E-state index contributed by atoms with van der Waals surface area (Å²) in [5, 5.41) is 20.1. The average Bonchev–Trinajstić information content (AvgIpc) is 2.56. The van der Waals surface area contributed by atoms with Gasteiger partial charge in [0.1, 0.15) is 5.25 Å². The lowest BCUT2D eigenvalue weighted by Gasteiger charge is -2.11. The lowest BCUT2D eigenvalue weighted by atomic mass is 10.1. The summed E-state index contributed by atoms with van der Waals surface area (Å²) in [5.74, 6) is -1.15. The zero-order valence-corrected chi connectivity index (χ0v) is 14.0. The zero-order valence-electron chi connectivity index (χ0n) is 13.2. The number of carboxylic acid groups (broad SMARTS) is 1. The van der Waals surface area contributed by atoms with Crippen LogP contribution in [0.3, 0.4) is 0 Å². The van der Waals surface area contributed by atoms with Gasteiger partial charge in [0.2, 0.25) is 0 Å². The molecule has 3 N–H and O–H groups in total. The van der Waals surface area contributed by atoms with Gasteiger partial charge in [-0.2, -0.15) is 0 Å². The Morgan fingerprint density at radius 3 is 2.25 bits per heavy atom. The summed E-state index contributed by atoms with van der Waals surface area (Å²) in [6, 6.07) is 14.2. The number of aliphatic hydroxyl groups is 1. The van der Waals surface area contributed by atoms with E-state index in [4.69, 9.17) is 10.2 Å². The quantitative estimate of drug-likeness (QED) is 0.671. The predicted octanol–water partition coefficient (Wildman–Crippen LogP) is 3.18. The van der Waals surface area contributed by atoms with Crippen molar-refractivity contribution >= 4 is 29.3 Å². The summed E-state index contributed by atoms with van der Waals surface area (Å²) < 4.78 is 0. The van der Waals surface area contributed by atoms with Gasteiger partial charge in [-0.1, -0.05) is 17.7 Å². The van der Waals surface area contributed by atoms with Gasteiger partial charge >= 0.3 is 5.97 Å². The van der Waals surface area contributed by atoms with Crippen molar-refractivity contribution in [3.63, 3.8) is 0 Å². The van der Waals surface area contributed by atoms with Crippen molar-refractivity contribution in [3.8, 4) is 0 Å². The molecule has 2 aromatic rings. The van der Waals surface area contributed by atoms with Crippen molar-refractivity contribution in [3.05, 3.63) is 59.7 Å². The van der Waals surface area contributed by atoms with E-state index in [1.807, 2.05) is 19.1 Å². The van der Waals surface area contributed by atoms with E-state index in [0.29, 0.717) is 11.3 Å². The number of rotatable bonds is 7. The van der Waals surface area contributed by atoms with Crippen molar-refractivity contribution in [1.29, 1.82) is 0 Å². The van der Waals surface area contributed by atoms with Crippen LogP contribution in [0.25, 0.3) is 0 Å². The number of aryl methyl sites for hydroxylation is 1. The number of benzene rings is 2. The maximum absolute atomic E-state index is 12.1. The second-order valence-electron chi connectivity index (χ2n) is 5.30. The second-order valence-corrected chi connectivity index (χ2v) is 6.58. The van der Waals surface area contributed by atoms with Crippen LogP contribution in [0, 0.1) is 6.92 Å². The predicted molar refractivity (Wildman–Crippen MR) is 94.6 cm³/mol. The van der Waals surface area contributed by atoms with E-state index in [-0.39, 0.29) is 18.9 Å². The van der Waals surface area contributed by atoms with Crippen LogP contribution >= 0.6 is 11.8 Å². The molecule has 24 heavy (non-hydrogen) atoms. The fraction of sp³-hybridized carbons (Fsp3) is 0.222. The molecule has 0 saturated heterocycles. The lowest BCUT2D eigenvalue weighted by molar-refractivity contribution is -0.136. The largest absolute Gasteiger partial charge is 0.480 e. The first-order valence-electron chi connectivity index (χ1n) is 7.48. The molecule has 6 heteroatoms. The highest BCUT2D eigenvalue weighted by Gasteiger charge is 2.18. The van der Waals surface area contributed by atoms with Gasteiger partial charge in [-0.3, -0.25) is 9.59 Å². The van der Waals surface area contributed by atoms with Crippen LogP contribution in [-0.4, -0.2) is 33.9 Å². The highest BCUT2D eigenvalue weighted by Crippen LogP contribution is 2.27. The number of nitrogens with one attached hydrogen (secondary N) is 1. The third-order valence-electron chi connectivity index (χ3n) is 3.37. The van der Waals surface area contributed by atoms with Gasteiger partial charge < -0.3 is 15.5 Å². The first-order chi connectivity index (χ1) is 11.5. The van der Waals surface area contributed by atoms with Crippen LogP contribution in [0.4, 0.5) is 5.69 Å². The summed E-state index contributed by atoms with van der Waals surface area (Å²) in [5.41, 5.74) is 2.30. The number of hydrogen-bond acceptors (Lipinski definition) is 4. The normalized spacial score (nSPS) is 11.8. The van der Waals surface area contributed by atoms with Crippen LogP contribution in [0.2, 0.25) is 0 Å². The Labute approximate surface area is 144 Å². The number of carbonyl (C=O) groups excluding carboxylic acids is 1. The van der Waals surface area contributed by atoms with Gasteiger partial charge in [-0.05, 0) is 49.7 Å². The minimum absolute atomic E-state index is 0.172. The molecule has 0 saturated carbocycles. The van der Waals surface area contributed by atoms with E-state index in [1.165, 1.54) is 11.8 Å². The Morgan fingerprint density at radius 1 is 1.08 bits per heavy atom. The van der Waals surface area contributed by atoms with Crippen LogP contribution in [0.15, 0.2) is 53.4 Å². The monoisotopic (exact) mass is 345 g/mol. The van der Waals surface area contributed by atoms with Crippen molar-refractivity contribution in [2.24, 2.45) is 0 Å². The average molecular weight is 345 g/mol. The molecule has 0 heterocycles. The first-order valence-corrected chi connectivity index (χ1v) is 8.36. The van der Waals surface area contributed by atoms with Gasteiger partial charge in [-0.25, -0.2) is 0 Å². The van der Waals surface area contributed by atoms with Crippen molar-refractivity contribution < 1.29 is 19.8 Å². The summed E-state index contributed by atoms with van der Waals surface area (Å²) in [4.78, 5) is 24.0. The molecule has 2 rings (SSSR count). The first kappa shape index (κ1) is 18.0. The number of amides is 1. The molecule has 1 unspecified atom stereocenters. The molecule has 0 bridgehead atoms. The lowest BCUT2D eigenvalue weighted by Crippen LogP contribution is -2.17. The Bertz CT molecular complexity index is 698. The molecular formula is C18H19NO4S. The highest BCUT2D eigenvalue weighted by atomic mass is 32.2. The number of thioether (sulfide) groups is 1. The van der Waals surface area contributed by atoms with Crippen molar-refractivity contribution in [2.45, 2.75) is 23.5 Å². The molecule has 1 atom stereocenters. The smallest absolute Gasteiger partial charge is 0.317 e. The molecule has 2 aromatic carbocycles. The third kappa shape index (κ3) is 5.11. The van der Waals surface area contributed by atoms with Crippen molar-refractivity contribution in [1.82, 2.24) is 0 Å². The fourth-order valence-electron chi connectivity index (χ4n) is 2.04.